The summed E-state index contributed by atoms with van der Waals surface area (Å²) in [5.41, 5.74) is 1.01. The topological polar surface area (TPSA) is 50.2 Å². The first-order valence-electron chi connectivity index (χ1n) is 3.96. The van der Waals surface area contributed by atoms with Crippen LogP contribution >= 0.6 is 22.6 Å². The molecule has 2 rings (SSSR count). The van der Waals surface area contributed by atoms with Gasteiger partial charge in [0.25, 0.3) is 0 Å². The predicted octanol–water partition coefficient (Wildman–Crippen LogP) is 2.54. The quantitative estimate of drug-likeness (QED) is 0.823. The lowest BCUT2D eigenvalue weighted by Crippen LogP contribution is -1.97. The van der Waals surface area contributed by atoms with Crippen molar-refractivity contribution in [2.24, 2.45) is 0 Å². The largest absolute Gasteiger partial charge is 0.478 e. The lowest BCUT2D eigenvalue weighted by atomic mass is 10.1. The van der Waals surface area contributed by atoms with Crippen LogP contribution in [0.2, 0.25) is 0 Å². The van der Waals surface area contributed by atoms with E-state index in [0.717, 1.165) is 3.57 Å². The minimum Gasteiger partial charge on any atom is -0.478 e. The Morgan fingerprint density at radius 2 is 2.21 bits per heavy atom. The first-order chi connectivity index (χ1) is 6.68. The zero-order valence-electron chi connectivity index (χ0n) is 7.07. The molecule has 0 aliphatic heterocycles. The molecule has 0 aliphatic carbocycles. The van der Waals surface area contributed by atoms with Gasteiger partial charge in [0.05, 0.1) is 11.1 Å². The molecular weight excluding hydrogens is 293 g/mol. The third-order valence-corrected chi connectivity index (χ3v) is 2.51. The van der Waals surface area contributed by atoms with Crippen molar-refractivity contribution >= 4 is 39.5 Å². The van der Waals surface area contributed by atoms with E-state index < -0.39 is 5.97 Å². The fourth-order valence-electron chi connectivity index (χ4n) is 1.31. The summed E-state index contributed by atoms with van der Waals surface area (Å²) in [4.78, 5) is 15.0. The number of hydrogen-bond donors (Lipinski definition) is 1. The zero-order chi connectivity index (χ0) is 10.1. The molecular formula is C10H6INO2. The summed E-state index contributed by atoms with van der Waals surface area (Å²) >= 11 is 2.11. The van der Waals surface area contributed by atoms with Crippen LogP contribution in [0.5, 0.6) is 0 Å². The van der Waals surface area contributed by atoms with Crippen LogP contribution in [0.1, 0.15) is 10.4 Å². The molecule has 1 aromatic carbocycles. The molecule has 4 heteroatoms. The van der Waals surface area contributed by atoms with Crippen LogP contribution in [0.15, 0.2) is 30.5 Å². The highest BCUT2D eigenvalue weighted by molar-refractivity contribution is 14.1. The van der Waals surface area contributed by atoms with Crippen LogP contribution in [-0.4, -0.2) is 16.1 Å². The van der Waals surface area contributed by atoms with Crippen molar-refractivity contribution in [2.45, 2.75) is 0 Å². The number of hydrogen-bond acceptors (Lipinski definition) is 2. The Morgan fingerprint density at radius 3 is 2.93 bits per heavy atom. The number of halogens is 1. The van der Waals surface area contributed by atoms with E-state index >= 15 is 0 Å². The standard InChI is InChI=1S/C10H6INO2/c11-6-4-8-7(10(13)14)2-1-3-9(8)12-5-6/h1-5H,(H,13,14). The summed E-state index contributed by atoms with van der Waals surface area (Å²) in [6.45, 7) is 0. The second-order valence-electron chi connectivity index (χ2n) is 2.83. The Bertz CT molecular complexity index is 510. The number of carbonyl (C=O) groups is 1. The maximum absolute atomic E-state index is 10.9. The molecule has 70 valence electrons. The van der Waals surface area contributed by atoms with E-state index in [1.807, 2.05) is 6.07 Å². The van der Waals surface area contributed by atoms with Gasteiger partial charge in [0.2, 0.25) is 0 Å². The molecule has 0 atom stereocenters. The third kappa shape index (κ3) is 1.57. The molecule has 0 radical (unpaired) electrons. The number of pyridine rings is 1. The molecule has 0 unspecified atom stereocenters. The summed E-state index contributed by atoms with van der Waals surface area (Å²) < 4.78 is 0.934. The van der Waals surface area contributed by atoms with Crippen LogP contribution in [-0.2, 0) is 0 Å². The molecule has 0 saturated heterocycles. The van der Waals surface area contributed by atoms with E-state index in [1.54, 1.807) is 24.4 Å². The van der Waals surface area contributed by atoms with E-state index in [-0.39, 0.29) is 0 Å². The van der Waals surface area contributed by atoms with Crippen molar-refractivity contribution in [3.05, 3.63) is 39.6 Å². The minimum atomic E-state index is -0.917. The number of nitrogens with zero attached hydrogens (tertiary/aromatic N) is 1. The predicted molar refractivity (Wildman–Crippen MR) is 61.4 cm³/mol. The summed E-state index contributed by atoms with van der Waals surface area (Å²) in [5, 5.41) is 9.63. The smallest absolute Gasteiger partial charge is 0.336 e. The van der Waals surface area contributed by atoms with E-state index in [2.05, 4.69) is 27.6 Å². The Hall–Kier alpha value is -1.17. The molecule has 1 aromatic heterocycles. The van der Waals surface area contributed by atoms with Crippen molar-refractivity contribution in [2.75, 3.05) is 0 Å². The van der Waals surface area contributed by atoms with Crippen LogP contribution in [0.25, 0.3) is 10.9 Å². The lowest BCUT2D eigenvalue weighted by Gasteiger charge is -2.01. The summed E-state index contributed by atoms with van der Waals surface area (Å²) in [7, 11) is 0. The van der Waals surface area contributed by atoms with Gasteiger partial charge in [-0.25, -0.2) is 4.79 Å². The summed E-state index contributed by atoms with van der Waals surface area (Å²) in [6, 6.07) is 6.91. The van der Waals surface area contributed by atoms with Crippen molar-refractivity contribution in [1.82, 2.24) is 4.98 Å². The van der Waals surface area contributed by atoms with Gasteiger partial charge in [-0.15, -0.1) is 0 Å². The van der Waals surface area contributed by atoms with Gasteiger partial charge in [0, 0.05) is 15.2 Å². The molecule has 0 spiro atoms. The Morgan fingerprint density at radius 1 is 1.43 bits per heavy atom. The van der Waals surface area contributed by atoms with Crippen molar-refractivity contribution in [1.29, 1.82) is 0 Å². The van der Waals surface area contributed by atoms with Gasteiger partial charge in [-0.3, -0.25) is 4.98 Å². The number of benzene rings is 1. The first-order valence-corrected chi connectivity index (χ1v) is 5.04. The monoisotopic (exact) mass is 299 g/mol. The normalized spacial score (nSPS) is 10.4. The van der Waals surface area contributed by atoms with Gasteiger partial charge in [-0.2, -0.15) is 0 Å². The molecule has 1 N–H and O–H groups in total. The van der Waals surface area contributed by atoms with Gasteiger partial charge < -0.3 is 5.11 Å². The van der Waals surface area contributed by atoms with Gasteiger partial charge in [-0.1, -0.05) is 6.07 Å². The molecule has 0 bridgehead atoms. The minimum absolute atomic E-state index is 0.300. The first kappa shape index (κ1) is 9.39. The molecule has 2 aromatic rings. The molecule has 0 amide bonds. The molecule has 0 saturated carbocycles. The Balaban J connectivity index is 2.84. The van der Waals surface area contributed by atoms with Crippen molar-refractivity contribution < 1.29 is 9.90 Å². The maximum Gasteiger partial charge on any atom is 0.336 e. The fraction of sp³-hybridized carbons (Fsp3) is 0. The molecule has 0 fully saturated rings. The lowest BCUT2D eigenvalue weighted by molar-refractivity contribution is 0.0699. The van der Waals surface area contributed by atoms with Crippen molar-refractivity contribution in [3.63, 3.8) is 0 Å². The van der Waals surface area contributed by atoms with Crippen LogP contribution in [0, 0.1) is 3.57 Å². The summed E-state index contributed by atoms with van der Waals surface area (Å²) in [5.74, 6) is -0.917. The SMILES string of the molecule is O=C(O)c1cccc2ncc(I)cc12. The highest BCUT2D eigenvalue weighted by atomic mass is 127. The van der Waals surface area contributed by atoms with Crippen LogP contribution in [0.4, 0.5) is 0 Å². The third-order valence-electron chi connectivity index (χ3n) is 1.92. The zero-order valence-corrected chi connectivity index (χ0v) is 9.22. The number of fused-ring (bicyclic) bond motifs is 1. The number of aromatic carboxylic acids is 1. The van der Waals surface area contributed by atoms with Crippen LogP contribution in [0.3, 0.4) is 0 Å². The van der Waals surface area contributed by atoms with E-state index in [4.69, 9.17) is 5.11 Å². The van der Waals surface area contributed by atoms with Crippen molar-refractivity contribution in [3.8, 4) is 0 Å². The Labute approximate surface area is 93.9 Å². The summed E-state index contributed by atoms with van der Waals surface area (Å²) in [6.07, 6.45) is 1.72. The molecule has 1 heterocycles. The van der Waals surface area contributed by atoms with Gasteiger partial charge in [0.1, 0.15) is 0 Å². The van der Waals surface area contributed by atoms with Gasteiger partial charge >= 0.3 is 5.97 Å². The highest BCUT2D eigenvalue weighted by Gasteiger charge is 2.08. The molecule has 3 nitrogen and oxygen atoms in total. The van der Waals surface area contributed by atoms with E-state index in [9.17, 15) is 4.79 Å². The van der Waals surface area contributed by atoms with E-state index in [0.29, 0.717) is 16.5 Å². The fourth-order valence-corrected chi connectivity index (χ4v) is 1.76. The molecule has 14 heavy (non-hydrogen) atoms. The van der Waals surface area contributed by atoms with E-state index in [1.165, 1.54) is 0 Å². The van der Waals surface area contributed by atoms with Crippen LogP contribution < -0.4 is 0 Å². The number of carboxylic acid groups (broad SMARTS) is 1. The average Bonchev–Trinajstić information content (AvgIpc) is 2.16. The average molecular weight is 299 g/mol. The number of carboxylic acids is 1. The Kier molecular flexibility index (Phi) is 2.37. The van der Waals surface area contributed by atoms with Gasteiger partial charge in [-0.05, 0) is 40.8 Å². The maximum atomic E-state index is 10.9. The highest BCUT2D eigenvalue weighted by Crippen LogP contribution is 2.18. The second-order valence-corrected chi connectivity index (χ2v) is 4.08. The number of aromatic nitrogens is 1. The molecule has 0 aliphatic rings. The number of rotatable bonds is 1. The van der Waals surface area contributed by atoms with Gasteiger partial charge in [0.15, 0.2) is 0 Å². The second kappa shape index (κ2) is 3.53.